The van der Waals surface area contributed by atoms with Gasteiger partial charge in [-0.25, -0.2) is 14.1 Å². The summed E-state index contributed by atoms with van der Waals surface area (Å²) in [6.07, 6.45) is 1.09. The number of hydrogen-bond donors (Lipinski definition) is 0. The fraction of sp³-hybridized carbons (Fsp3) is 0.217. The van der Waals surface area contributed by atoms with E-state index in [1.54, 1.807) is 0 Å². The number of hydrogen-bond acceptors (Lipinski definition) is 2. The van der Waals surface area contributed by atoms with E-state index in [-0.39, 0.29) is 0 Å². The average molecular weight is 354 g/mol. The number of rotatable bonds is 1. The van der Waals surface area contributed by atoms with Gasteiger partial charge in [0.05, 0.1) is 13.6 Å². The Morgan fingerprint density at radius 2 is 1.89 bits per heavy atom. The van der Waals surface area contributed by atoms with Gasteiger partial charge in [-0.05, 0) is 37.6 Å². The van der Waals surface area contributed by atoms with Crippen LogP contribution in [0.1, 0.15) is 16.8 Å². The Balaban J connectivity index is 1.79. The molecule has 4 heteroatoms. The third kappa shape index (κ3) is 1.82. The molecular formula is C23H20N3O+. The number of benzene rings is 2. The molecule has 4 nitrogen and oxygen atoms in total. The summed E-state index contributed by atoms with van der Waals surface area (Å²) in [5, 5.41) is 2.21. The van der Waals surface area contributed by atoms with Crippen molar-refractivity contribution < 1.29 is 8.98 Å². The monoisotopic (exact) mass is 354 g/mol. The van der Waals surface area contributed by atoms with Crippen LogP contribution in [-0.4, -0.2) is 9.55 Å². The maximum atomic E-state index is 6.33. The van der Waals surface area contributed by atoms with Crippen molar-refractivity contribution in [3.8, 4) is 11.4 Å². The maximum Gasteiger partial charge on any atom is 0.293 e. The number of fused-ring (bicyclic) bond motifs is 3. The minimum atomic E-state index is 0.720. The molecule has 0 aliphatic carbocycles. The van der Waals surface area contributed by atoms with Crippen molar-refractivity contribution in [2.24, 2.45) is 7.05 Å². The summed E-state index contributed by atoms with van der Waals surface area (Å²) in [5.41, 5.74) is 9.10. The van der Waals surface area contributed by atoms with Crippen molar-refractivity contribution in [2.45, 2.75) is 26.8 Å². The molecule has 0 unspecified atom stereocenters. The zero-order chi connectivity index (χ0) is 18.3. The number of imidazole rings is 1. The molecule has 1 aliphatic heterocycles. The van der Waals surface area contributed by atoms with Crippen LogP contribution in [0, 0.1) is 13.8 Å². The molecule has 0 amide bonds. The van der Waals surface area contributed by atoms with Gasteiger partial charge in [-0.15, -0.1) is 0 Å². The van der Waals surface area contributed by atoms with Crippen molar-refractivity contribution >= 4 is 33.1 Å². The SMILES string of the molecule is Cc1ccc2c(n1)oc1c(-c3n(C)c4cccc5c4[n+]3CC5)c(C)ccc12. The smallest absolute Gasteiger partial charge is 0.293 e. The molecule has 0 saturated carbocycles. The summed E-state index contributed by atoms with van der Waals surface area (Å²) in [5.74, 6) is 1.22. The predicted octanol–water partition coefficient (Wildman–Crippen LogP) is 4.60. The number of aryl methyl sites for hydroxylation is 5. The molecule has 6 rings (SSSR count). The van der Waals surface area contributed by atoms with Crippen molar-refractivity contribution in [3.05, 3.63) is 59.3 Å². The lowest BCUT2D eigenvalue weighted by atomic mass is 10.0. The third-order valence-corrected chi connectivity index (χ3v) is 5.99. The lowest BCUT2D eigenvalue weighted by Gasteiger charge is -2.05. The number of nitrogens with zero attached hydrogens (tertiary/aromatic N) is 3. The van der Waals surface area contributed by atoms with E-state index in [2.05, 4.69) is 64.5 Å². The summed E-state index contributed by atoms with van der Waals surface area (Å²) < 4.78 is 11.1. The van der Waals surface area contributed by atoms with Crippen LogP contribution in [0.15, 0.2) is 46.9 Å². The number of aromatic nitrogens is 3. The summed E-state index contributed by atoms with van der Waals surface area (Å²) >= 11 is 0. The van der Waals surface area contributed by atoms with Crippen LogP contribution in [0.4, 0.5) is 0 Å². The molecule has 0 N–H and O–H groups in total. The molecule has 1 aliphatic rings. The van der Waals surface area contributed by atoms with Gasteiger partial charge in [-0.3, -0.25) is 0 Å². The first-order chi connectivity index (χ1) is 13.1. The van der Waals surface area contributed by atoms with E-state index in [0.29, 0.717) is 0 Å². The van der Waals surface area contributed by atoms with E-state index in [9.17, 15) is 0 Å². The molecule has 2 aromatic carbocycles. The Labute approximate surface area is 156 Å². The van der Waals surface area contributed by atoms with E-state index in [1.807, 2.05) is 13.0 Å². The first kappa shape index (κ1) is 15.0. The molecule has 5 aromatic rings. The molecule has 0 fully saturated rings. The highest BCUT2D eigenvalue weighted by atomic mass is 16.3. The molecule has 3 aromatic heterocycles. The lowest BCUT2D eigenvalue weighted by molar-refractivity contribution is -0.653. The number of furan rings is 1. The first-order valence-electron chi connectivity index (χ1n) is 9.43. The van der Waals surface area contributed by atoms with Crippen molar-refractivity contribution in [1.29, 1.82) is 0 Å². The quantitative estimate of drug-likeness (QED) is 0.412. The van der Waals surface area contributed by atoms with Crippen LogP contribution in [-0.2, 0) is 20.0 Å². The minimum Gasteiger partial charge on any atom is -0.437 e. The van der Waals surface area contributed by atoms with Gasteiger partial charge in [0.15, 0.2) is 16.6 Å². The second-order valence-electron chi connectivity index (χ2n) is 7.61. The summed E-state index contributed by atoms with van der Waals surface area (Å²) in [6.45, 7) is 5.18. The molecule has 0 saturated heterocycles. The second-order valence-corrected chi connectivity index (χ2v) is 7.61. The number of para-hydroxylation sites is 1. The van der Waals surface area contributed by atoms with Crippen molar-refractivity contribution in [2.75, 3.05) is 0 Å². The fourth-order valence-corrected chi connectivity index (χ4v) is 4.70. The molecule has 27 heavy (non-hydrogen) atoms. The Hall–Kier alpha value is -3.14. The Bertz CT molecular complexity index is 1400. The molecule has 0 atom stereocenters. The predicted molar refractivity (Wildman–Crippen MR) is 107 cm³/mol. The standard InChI is InChI=1S/C23H20N3O/c1-13-7-9-16-17-10-8-14(2)24-22(17)27-21(16)19(13)23-25(3)18-6-4-5-15-11-12-26(23)20(15)18/h4-10H,11-12H2,1-3H3/q+1. The summed E-state index contributed by atoms with van der Waals surface area (Å²) in [7, 11) is 2.16. The molecular weight excluding hydrogens is 334 g/mol. The molecule has 132 valence electrons. The van der Waals surface area contributed by atoms with E-state index >= 15 is 0 Å². The highest BCUT2D eigenvalue weighted by Gasteiger charge is 2.33. The van der Waals surface area contributed by atoms with Crippen LogP contribution in [0.2, 0.25) is 0 Å². The van der Waals surface area contributed by atoms with E-state index in [0.717, 1.165) is 40.7 Å². The second kappa shape index (κ2) is 4.97. The van der Waals surface area contributed by atoms with Crippen molar-refractivity contribution in [3.63, 3.8) is 0 Å². The fourth-order valence-electron chi connectivity index (χ4n) is 4.70. The zero-order valence-electron chi connectivity index (χ0n) is 15.7. The molecule has 0 spiro atoms. The highest BCUT2D eigenvalue weighted by molar-refractivity contribution is 6.08. The van der Waals surface area contributed by atoms with Gasteiger partial charge in [-0.1, -0.05) is 24.3 Å². The maximum absolute atomic E-state index is 6.33. The van der Waals surface area contributed by atoms with Gasteiger partial charge < -0.3 is 4.42 Å². The zero-order valence-corrected chi connectivity index (χ0v) is 15.7. The lowest BCUT2D eigenvalue weighted by Crippen LogP contribution is -2.33. The van der Waals surface area contributed by atoms with Crippen LogP contribution in [0.25, 0.3) is 44.5 Å². The van der Waals surface area contributed by atoms with Crippen molar-refractivity contribution in [1.82, 2.24) is 9.55 Å². The van der Waals surface area contributed by atoms with Crippen LogP contribution < -0.4 is 4.57 Å². The summed E-state index contributed by atoms with van der Waals surface area (Å²) in [4.78, 5) is 4.62. The molecule has 0 bridgehead atoms. The summed E-state index contributed by atoms with van der Waals surface area (Å²) in [6, 6.07) is 15.2. The van der Waals surface area contributed by atoms with Crippen LogP contribution in [0.5, 0.6) is 0 Å². The normalized spacial score (nSPS) is 13.4. The first-order valence-corrected chi connectivity index (χ1v) is 9.43. The third-order valence-electron chi connectivity index (χ3n) is 5.99. The van der Waals surface area contributed by atoms with Gasteiger partial charge in [-0.2, -0.15) is 0 Å². The average Bonchev–Trinajstić information content (AvgIpc) is 3.31. The number of pyridine rings is 1. The van der Waals surface area contributed by atoms with Crippen LogP contribution in [0.3, 0.4) is 0 Å². The Morgan fingerprint density at radius 1 is 1.04 bits per heavy atom. The molecule has 4 heterocycles. The topological polar surface area (TPSA) is 34.8 Å². The van der Waals surface area contributed by atoms with E-state index < -0.39 is 0 Å². The van der Waals surface area contributed by atoms with Gasteiger partial charge >= 0.3 is 0 Å². The van der Waals surface area contributed by atoms with Gasteiger partial charge in [0.25, 0.3) is 5.82 Å². The molecule has 0 radical (unpaired) electrons. The minimum absolute atomic E-state index is 0.720. The Kier molecular flexibility index (Phi) is 2.76. The largest absolute Gasteiger partial charge is 0.437 e. The van der Waals surface area contributed by atoms with Gasteiger partial charge in [0.2, 0.25) is 5.71 Å². The van der Waals surface area contributed by atoms with Crippen LogP contribution >= 0.6 is 0 Å². The van der Waals surface area contributed by atoms with E-state index in [4.69, 9.17) is 4.42 Å². The van der Waals surface area contributed by atoms with Gasteiger partial charge in [0, 0.05) is 28.5 Å². The van der Waals surface area contributed by atoms with E-state index in [1.165, 1.54) is 33.5 Å². The van der Waals surface area contributed by atoms with Gasteiger partial charge in [0.1, 0.15) is 5.56 Å². The Morgan fingerprint density at radius 3 is 2.78 bits per heavy atom. The highest BCUT2D eigenvalue weighted by Crippen LogP contribution is 2.38.